The van der Waals surface area contributed by atoms with Gasteiger partial charge in [0.25, 0.3) is 0 Å². The van der Waals surface area contributed by atoms with Crippen molar-refractivity contribution >= 4 is 21.6 Å². The number of likely N-dealkylation sites (tertiary alicyclic amines) is 1. The maximum atomic E-state index is 5.99. The van der Waals surface area contributed by atoms with Crippen LogP contribution in [0.15, 0.2) is 77.3 Å². The lowest BCUT2D eigenvalue weighted by molar-refractivity contribution is 0.211. The minimum Gasteiger partial charge on any atom is -0.493 e. The van der Waals surface area contributed by atoms with Crippen LogP contribution in [0.25, 0.3) is 0 Å². The lowest BCUT2D eigenvalue weighted by atomic mass is 10.0. The van der Waals surface area contributed by atoms with Crippen LogP contribution >= 0.6 is 15.9 Å². The van der Waals surface area contributed by atoms with Crippen LogP contribution in [0, 0.1) is 0 Å². The Hall–Kier alpha value is -2.50. The van der Waals surface area contributed by atoms with Crippen molar-refractivity contribution in [3.05, 3.63) is 88.4 Å². The number of hydrogen-bond donors (Lipinski definition) is 1. The number of halogens is 1. The zero-order valence-electron chi connectivity index (χ0n) is 17.9. The van der Waals surface area contributed by atoms with E-state index in [1.54, 1.807) is 7.11 Å². The summed E-state index contributed by atoms with van der Waals surface area (Å²) in [5, 5.41) is 3.68. The fourth-order valence-corrected chi connectivity index (χ4v) is 4.36. The first-order valence-corrected chi connectivity index (χ1v) is 11.6. The molecule has 0 aromatic heterocycles. The lowest BCUT2D eigenvalue weighted by Gasteiger charge is -2.33. The molecule has 0 atom stereocenters. The third kappa shape index (κ3) is 6.02. The molecule has 1 aliphatic rings. The van der Waals surface area contributed by atoms with E-state index in [9.17, 15) is 0 Å². The Bertz CT molecular complexity index is 972. The van der Waals surface area contributed by atoms with Gasteiger partial charge in [-0.3, -0.25) is 4.90 Å². The summed E-state index contributed by atoms with van der Waals surface area (Å²) < 4.78 is 12.7. The summed E-state index contributed by atoms with van der Waals surface area (Å²) >= 11 is 3.63. The maximum Gasteiger partial charge on any atom is 0.161 e. The largest absolute Gasteiger partial charge is 0.493 e. The maximum absolute atomic E-state index is 5.99. The zero-order valence-corrected chi connectivity index (χ0v) is 19.5. The van der Waals surface area contributed by atoms with Crippen LogP contribution in [0.3, 0.4) is 0 Å². The number of nitrogens with zero attached hydrogens (tertiary/aromatic N) is 1. The Balaban J connectivity index is 1.30. The molecule has 3 aromatic carbocycles. The van der Waals surface area contributed by atoms with Crippen LogP contribution in [0.1, 0.15) is 24.0 Å². The number of ether oxygens (including phenoxy) is 2. The number of piperidine rings is 1. The molecule has 1 N–H and O–H groups in total. The number of para-hydroxylation sites is 1. The average Bonchev–Trinajstić information content (AvgIpc) is 2.81. The Morgan fingerprint density at radius 3 is 2.39 bits per heavy atom. The molecule has 0 spiro atoms. The first-order chi connectivity index (χ1) is 15.2. The number of anilines is 1. The van der Waals surface area contributed by atoms with E-state index >= 15 is 0 Å². The Kier molecular flexibility index (Phi) is 7.49. The summed E-state index contributed by atoms with van der Waals surface area (Å²) in [6.45, 7) is 3.62. The van der Waals surface area contributed by atoms with Gasteiger partial charge in [0, 0.05) is 35.8 Å². The Morgan fingerprint density at radius 2 is 1.65 bits per heavy atom. The quantitative estimate of drug-likeness (QED) is 0.421. The van der Waals surface area contributed by atoms with E-state index in [2.05, 4.69) is 68.6 Å². The molecule has 0 saturated carbocycles. The third-order valence-electron chi connectivity index (χ3n) is 5.69. The van der Waals surface area contributed by atoms with Gasteiger partial charge in [-0.1, -0.05) is 48.5 Å². The van der Waals surface area contributed by atoms with Gasteiger partial charge in [0.1, 0.15) is 6.61 Å². The molecule has 31 heavy (non-hydrogen) atoms. The summed E-state index contributed by atoms with van der Waals surface area (Å²) in [5.41, 5.74) is 3.57. The minimum atomic E-state index is 0.512. The van der Waals surface area contributed by atoms with Crippen LogP contribution in [0.4, 0.5) is 5.69 Å². The summed E-state index contributed by atoms with van der Waals surface area (Å²) in [6.07, 6.45) is 2.27. The second-order valence-electron chi connectivity index (χ2n) is 7.93. The van der Waals surface area contributed by atoms with Crippen molar-refractivity contribution in [3.8, 4) is 11.5 Å². The molecule has 3 aromatic rings. The van der Waals surface area contributed by atoms with Crippen LogP contribution in [0.2, 0.25) is 0 Å². The highest BCUT2D eigenvalue weighted by atomic mass is 79.9. The van der Waals surface area contributed by atoms with Crippen molar-refractivity contribution in [1.82, 2.24) is 4.90 Å². The van der Waals surface area contributed by atoms with E-state index < -0.39 is 0 Å². The molecule has 1 saturated heterocycles. The van der Waals surface area contributed by atoms with Gasteiger partial charge < -0.3 is 14.8 Å². The predicted molar refractivity (Wildman–Crippen MR) is 130 cm³/mol. The standard InChI is InChI=1S/C26H29BrN2O2/c1-30-26-17-21(11-12-25(26)31-19-20-7-3-2-4-8-20)18-29-15-13-22(14-16-29)28-24-10-6-5-9-23(24)27/h2-12,17,22,28H,13-16,18-19H2,1H3. The van der Waals surface area contributed by atoms with Gasteiger partial charge in [0.05, 0.1) is 7.11 Å². The molecule has 162 valence electrons. The fraction of sp³-hybridized carbons (Fsp3) is 0.308. The van der Waals surface area contributed by atoms with Gasteiger partial charge in [-0.25, -0.2) is 0 Å². The van der Waals surface area contributed by atoms with Gasteiger partial charge in [0.2, 0.25) is 0 Å². The number of nitrogens with one attached hydrogen (secondary N) is 1. The molecule has 4 nitrogen and oxygen atoms in total. The minimum absolute atomic E-state index is 0.512. The highest BCUT2D eigenvalue weighted by Crippen LogP contribution is 2.30. The summed E-state index contributed by atoms with van der Waals surface area (Å²) in [4.78, 5) is 2.51. The number of benzene rings is 3. The average molecular weight is 481 g/mol. The Morgan fingerprint density at radius 1 is 0.903 bits per heavy atom. The summed E-state index contributed by atoms with van der Waals surface area (Å²) in [6, 6.07) is 25.3. The van der Waals surface area contributed by atoms with E-state index in [1.165, 1.54) is 11.3 Å². The molecule has 0 amide bonds. The van der Waals surface area contributed by atoms with Crippen molar-refractivity contribution in [1.29, 1.82) is 0 Å². The normalized spacial score (nSPS) is 14.9. The van der Waals surface area contributed by atoms with Crippen molar-refractivity contribution in [3.63, 3.8) is 0 Å². The van der Waals surface area contributed by atoms with Crippen LogP contribution < -0.4 is 14.8 Å². The van der Waals surface area contributed by atoms with E-state index in [4.69, 9.17) is 9.47 Å². The SMILES string of the molecule is COc1cc(CN2CCC(Nc3ccccc3Br)CC2)ccc1OCc1ccccc1. The molecule has 1 fully saturated rings. The molecular weight excluding hydrogens is 452 g/mol. The number of rotatable bonds is 8. The molecule has 0 aliphatic carbocycles. The number of methoxy groups -OCH3 is 1. The Labute approximate surface area is 193 Å². The zero-order chi connectivity index (χ0) is 21.5. The lowest BCUT2D eigenvalue weighted by Crippen LogP contribution is -2.38. The summed E-state index contributed by atoms with van der Waals surface area (Å²) in [5.74, 6) is 1.57. The molecule has 1 aliphatic heterocycles. The van der Waals surface area contributed by atoms with E-state index in [0.29, 0.717) is 12.6 Å². The first-order valence-electron chi connectivity index (χ1n) is 10.8. The molecule has 1 heterocycles. The smallest absolute Gasteiger partial charge is 0.161 e. The molecule has 0 unspecified atom stereocenters. The second-order valence-corrected chi connectivity index (χ2v) is 8.79. The van der Waals surface area contributed by atoms with Crippen LogP contribution in [-0.4, -0.2) is 31.1 Å². The van der Waals surface area contributed by atoms with Gasteiger partial charge in [-0.15, -0.1) is 0 Å². The molecule has 0 radical (unpaired) electrons. The second kappa shape index (κ2) is 10.7. The highest BCUT2D eigenvalue weighted by Gasteiger charge is 2.20. The van der Waals surface area contributed by atoms with Gasteiger partial charge >= 0.3 is 0 Å². The van der Waals surface area contributed by atoms with E-state index in [1.807, 2.05) is 30.3 Å². The third-order valence-corrected chi connectivity index (χ3v) is 6.38. The van der Waals surface area contributed by atoms with Crippen molar-refractivity contribution in [2.75, 3.05) is 25.5 Å². The molecule has 5 heteroatoms. The molecule has 4 rings (SSSR count). The van der Waals surface area contributed by atoms with Crippen LogP contribution in [0.5, 0.6) is 11.5 Å². The number of hydrogen-bond acceptors (Lipinski definition) is 4. The monoisotopic (exact) mass is 480 g/mol. The summed E-state index contributed by atoms with van der Waals surface area (Å²) in [7, 11) is 1.70. The van der Waals surface area contributed by atoms with E-state index in [0.717, 1.165) is 54.0 Å². The van der Waals surface area contributed by atoms with Gasteiger partial charge in [-0.05, 0) is 64.2 Å². The van der Waals surface area contributed by atoms with Crippen LogP contribution in [-0.2, 0) is 13.2 Å². The topological polar surface area (TPSA) is 33.7 Å². The predicted octanol–water partition coefficient (Wildman–Crippen LogP) is 6.11. The molecule has 0 bridgehead atoms. The van der Waals surface area contributed by atoms with E-state index in [-0.39, 0.29) is 0 Å². The fourth-order valence-electron chi connectivity index (χ4n) is 3.96. The van der Waals surface area contributed by atoms with Crippen molar-refractivity contribution in [2.24, 2.45) is 0 Å². The highest BCUT2D eigenvalue weighted by molar-refractivity contribution is 9.10. The van der Waals surface area contributed by atoms with Crippen molar-refractivity contribution in [2.45, 2.75) is 32.0 Å². The van der Waals surface area contributed by atoms with Crippen molar-refractivity contribution < 1.29 is 9.47 Å². The van der Waals surface area contributed by atoms with Gasteiger partial charge in [0.15, 0.2) is 11.5 Å². The van der Waals surface area contributed by atoms with Gasteiger partial charge in [-0.2, -0.15) is 0 Å². The first kappa shape index (κ1) is 21.7. The molecular formula is C26H29BrN2O2.